The van der Waals surface area contributed by atoms with Crippen LogP contribution >= 0.6 is 0 Å². The number of methoxy groups -OCH3 is 1. The Kier molecular flexibility index (Phi) is 4.36. The highest BCUT2D eigenvalue weighted by Crippen LogP contribution is 2.43. The van der Waals surface area contributed by atoms with Crippen molar-refractivity contribution in [1.82, 2.24) is 5.32 Å². The van der Waals surface area contributed by atoms with Gasteiger partial charge in [-0.05, 0) is 56.2 Å². The Hall–Kier alpha value is -0.800. The van der Waals surface area contributed by atoms with Crippen LogP contribution in [-0.4, -0.2) is 25.8 Å². The number of nitrogens with one attached hydrogen (secondary N) is 1. The fourth-order valence-corrected chi connectivity index (χ4v) is 3.24. The second-order valence-electron chi connectivity index (χ2n) is 6.61. The molecule has 0 radical (unpaired) electrons. The predicted octanol–water partition coefficient (Wildman–Crippen LogP) is 3.40. The summed E-state index contributed by atoms with van der Waals surface area (Å²) in [6, 6.07) is 2.38. The topological polar surface area (TPSA) is 34.4 Å². The van der Waals surface area contributed by atoms with E-state index in [1.54, 1.807) is 6.26 Å². The Balaban J connectivity index is 2.10. The third kappa shape index (κ3) is 3.21. The molecule has 0 bridgehead atoms. The Morgan fingerprint density at radius 2 is 2.00 bits per heavy atom. The second kappa shape index (κ2) is 5.68. The van der Waals surface area contributed by atoms with Crippen LogP contribution in [0.2, 0.25) is 0 Å². The highest BCUT2D eigenvalue weighted by molar-refractivity contribution is 5.11. The average molecular weight is 265 g/mol. The molecule has 3 heteroatoms. The van der Waals surface area contributed by atoms with Crippen molar-refractivity contribution < 1.29 is 9.15 Å². The van der Waals surface area contributed by atoms with Crippen molar-refractivity contribution >= 4 is 0 Å². The van der Waals surface area contributed by atoms with Crippen LogP contribution in [0.15, 0.2) is 23.0 Å². The molecular formula is C16H27NO2. The normalized spacial score (nSPS) is 23.2. The first-order chi connectivity index (χ1) is 9.01. The van der Waals surface area contributed by atoms with Crippen LogP contribution in [0.25, 0.3) is 0 Å². The van der Waals surface area contributed by atoms with E-state index in [1.165, 1.54) is 18.4 Å². The molecule has 1 aliphatic rings. The molecule has 19 heavy (non-hydrogen) atoms. The second-order valence-corrected chi connectivity index (χ2v) is 6.61. The van der Waals surface area contributed by atoms with E-state index in [-0.39, 0.29) is 5.60 Å². The molecule has 1 heterocycles. The Morgan fingerprint density at radius 3 is 2.47 bits per heavy atom. The van der Waals surface area contributed by atoms with Gasteiger partial charge in [-0.15, -0.1) is 0 Å². The van der Waals surface area contributed by atoms with Crippen LogP contribution in [0.4, 0.5) is 0 Å². The predicted molar refractivity (Wildman–Crippen MR) is 77.2 cm³/mol. The molecule has 1 atom stereocenters. The van der Waals surface area contributed by atoms with Crippen LogP contribution in [0.3, 0.4) is 0 Å². The summed E-state index contributed by atoms with van der Waals surface area (Å²) in [6.07, 6.45) is 9.24. The van der Waals surface area contributed by atoms with E-state index in [9.17, 15) is 0 Å². The van der Waals surface area contributed by atoms with Gasteiger partial charge in [0.05, 0.1) is 18.1 Å². The standard InChI is InChI=1S/C16H27NO2/c1-15(2)6-8-16(18-4,9-7-15)14(17-3)11-13-5-10-19-12-13/h5,10,12,14,17H,6-9,11H2,1-4H3. The van der Waals surface area contributed by atoms with Crippen LogP contribution in [0.5, 0.6) is 0 Å². The molecule has 2 rings (SSSR count). The van der Waals surface area contributed by atoms with Gasteiger partial charge in [0.1, 0.15) is 0 Å². The maximum Gasteiger partial charge on any atom is 0.0935 e. The zero-order chi connectivity index (χ0) is 13.9. The summed E-state index contributed by atoms with van der Waals surface area (Å²) in [7, 11) is 3.89. The van der Waals surface area contributed by atoms with Crippen molar-refractivity contribution in [1.29, 1.82) is 0 Å². The first-order valence-corrected chi connectivity index (χ1v) is 7.25. The quantitative estimate of drug-likeness (QED) is 0.886. The number of hydrogen-bond acceptors (Lipinski definition) is 3. The first kappa shape index (κ1) is 14.6. The van der Waals surface area contributed by atoms with Gasteiger partial charge in [0.2, 0.25) is 0 Å². The van der Waals surface area contributed by atoms with Gasteiger partial charge in [-0.25, -0.2) is 0 Å². The third-order valence-corrected chi connectivity index (χ3v) is 4.86. The van der Waals surface area contributed by atoms with Crippen LogP contribution in [0.1, 0.15) is 45.1 Å². The van der Waals surface area contributed by atoms with E-state index >= 15 is 0 Å². The third-order valence-electron chi connectivity index (χ3n) is 4.86. The van der Waals surface area contributed by atoms with E-state index in [0.29, 0.717) is 11.5 Å². The van der Waals surface area contributed by atoms with E-state index in [0.717, 1.165) is 19.3 Å². The molecule has 0 saturated heterocycles. The summed E-state index contributed by atoms with van der Waals surface area (Å²) in [5, 5.41) is 3.46. The molecule has 1 N–H and O–H groups in total. The molecule has 1 fully saturated rings. The molecular weight excluding hydrogens is 238 g/mol. The molecule has 108 valence electrons. The monoisotopic (exact) mass is 265 g/mol. The van der Waals surface area contributed by atoms with Gasteiger partial charge in [-0.3, -0.25) is 0 Å². The SMILES string of the molecule is CNC(Cc1ccoc1)C1(OC)CCC(C)(C)CC1. The molecule has 0 aromatic carbocycles. The van der Waals surface area contributed by atoms with Gasteiger partial charge in [-0.2, -0.15) is 0 Å². The number of furan rings is 1. The molecule has 1 saturated carbocycles. The first-order valence-electron chi connectivity index (χ1n) is 7.25. The minimum Gasteiger partial charge on any atom is -0.472 e. The van der Waals surface area contributed by atoms with Gasteiger partial charge >= 0.3 is 0 Å². The molecule has 0 aliphatic heterocycles. The van der Waals surface area contributed by atoms with E-state index in [1.807, 2.05) is 26.5 Å². The molecule has 1 aliphatic carbocycles. The minimum atomic E-state index is -0.0401. The van der Waals surface area contributed by atoms with Gasteiger partial charge in [0, 0.05) is 13.2 Å². The minimum absolute atomic E-state index is 0.0401. The molecule has 0 amide bonds. The van der Waals surface area contributed by atoms with E-state index in [4.69, 9.17) is 9.15 Å². The summed E-state index contributed by atoms with van der Waals surface area (Å²) in [5.41, 5.74) is 1.65. The van der Waals surface area contributed by atoms with Crippen LogP contribution < -0.4 is 5.32 Å². The van der Waals surface area contributed by atoms with Crippen LogP contribution in [-0.2, 0) is 11.2 Å². The summed E-state index contributed by atoms with van der Waals surface area (Å²) >= 11 is 0. The van der Waals surface area contributed by atoms with E-state index < -0.39 is 0 Å². The summed E-state index contributed by atoms with van der Waals surface area (Å²) < 4.78 is 11.2. The zero-order valence-electron chi connectivity index (χ0n) is 12.7. The van der Waals surface area contributed by atoms with Crippen molar-refractivity contribution in [2.24, 2.45) is 5.41 Å². The van der Waals surface area contributed by atoms with Gasteiger partial charge in [-0.1, -0.05) is 13.8 Å². The Bertz CT molecular complexity index is 373. The van der Waals surface area contributed by atoms with Gasteiger partial charge < -0.3 is 14.5 Å². The lowest BCUT2D eigenvalue weighted by molar-refractivity contribution is -0.0847. The highest BCUT2D eigenvalue weighted by Gasteiger charge is 2.43. The van der Waals surface area contributed by atoms with Crippen molar-refractivity contribution in [3.05, 3.63) is 24.2 Å². The largest absolute Gasteiger partial charge is 0.472 e. The number of rotatable bonds is 5. The van der Waals surface area contributed by atoms with Crippen molar-refractivity contribution in [3.63, 3.8) is 0 Å². The Morgan fingerprint density at radius 1 is 1.32 bits per heavy atom. The van der Waals surface area contributed by atoms with Gasteiger partial charge in [0.15, 0.2) is 0 Å². The fourth-order valence-electron chi connectivity index (χ4n) is 3.24. The molecule has 1 aromatic heterocycles. The Labute approximate surface area is 116 Å². The summed E-state index contributed by atoms with van der Waals surface area (Å²) in [5.74, 6) is 0. The molecule has 0 spiro atoms. The van der Waals surface area contributed by atoms with Crippen molar-refractivity contribution in [2.45, 2.75) is 57.6 Å². The fraction of sp³-hybridized carbons (Fsp3) is 0.750. The molecule has 3 nitrogen and oxygen atoms in total. The van der Waals surface area contributed by atoms with Gasteiger partial charge in [0.25, 0.3) is 0 Å². The smallest absolute Gasteiger partial charge is 0.0935 e. The zero-order valence-corrected chi connectivity index (χ0v) is 12.7. The summed E-state index contributed by atoms with van der Waals surface area (Å²) in [4.78, 5) is 0. The average Bonchev–Trinajstić information content (AvgIpc) is 2.90. The maximum absolute atomic E-state index is 5.98. The lowest BCUT2D eigenvalue weighted by Gasteiger charge is -2.47. The van der Waals surface area contributed by atoms with Crippen LogP contribution in [0, 0.1) is 5.41 Å². The highest BCUT2D eigenvalue weighted by atomic mass is 16.5. The summed E-state index contributed by atoms with van der Waals surface area (Å²) in [6.45, 7) is 4.72. The number of ether oxygens (including phenoxy) is 1. The molecule has 1 unspecified atom stereocenters. The number of hydrogen-bond donors (Lipinski definition) is 1. The van der Waals surface area contributed by atoms with Crippen molar-refractivity contribution in [2.75, 3.05) is 14.2 Å². The molecule has 1 aromatic rings. The van der Waals surface area contributed by atoms with Crippen molar-refractivity contribution in [3.8, 4) is 0 Å². The maximum atomic E-state index is 5.98. The van der Waals surface area contributed by atoms with E-state index in [2.05, 4.69) is 19.2 Å². The lowest BCUT2D eigenvalue weighted by atomic mass is 9.67. The number of likely N-dealkylation sites (N-methyl/N-ethyl adjacent to an activating group) is 1. The lowest BCUT2D eigenvalue weighted by Crippen LogP contribution is -2.54.